The number of alkyl halides is 3. The van der Waals surface area contributed by atoms with Gasteiger partial charge >= 0.3 is 6.18 Å². The van der Waals surface area contributed by atoms with Crippen LogP contribution in [0.4, 0.5) is 24.5 Å². The first-order chi connectivity index (χ1) is 13.9. The molecule has 0 aliphatic carbocycles. The molecule has 1 aliphatic heterocycles. The molecule has 4 rings (SSSR count). The molecule has 2 atom stereocenters. The predicted molar refractivity (Wildman–Crippen MR) is 107 cm³/mol. The fraction of sp³-hybridized carbons (Fsp3) is 0.174. The van der Waals surface area contributed by atoms with E-state index in [2.05, 4.69) is 5.32 Å². The predicted octanol–water partition coefficient (Wildman–Crippen LogP) is 5.91. The molecule has 3 aromatic carbocycles. The standard InChI is InChI=1S/C23H19F3N2O/c1-15(16-8-3-2-4-9-16)21-27-20-13-6-5-12-19(20)22(29)28(21)18-11-7-10-17(14-18)23(24,25)26/h2-15,21,27H,1H3/t15-,21+/m0/s1. The molecule has 1 heterocycles. The lowest BCUT2D eigenvalue weighted by Gasteiger charge is -2.41. The lowest BCUT2D eigenvalue weighted by molar-refractivity contribution is -0.137. The summed E-state index contributed by atoms with van der Waals surface area (Å²) >= 11 is 0. The molecule has 1 N–H and O–H groups in total. The summed E-state index contributed by atoms with van der Waals surface area (Å²) in [6.07, 6.45) is -5.02. The van der Waals surface area contributed by atoms with Gasteiger partial charge in [-0.15, -0.1) is 0 Å². The number of rotatable bonds is 3. The van der Waals surface area contributed by atoms with E-state index >= 15 is 0 Å². The monoisotopic (exact) mass is 396 g/mol. The van der Waals surface area contributed by atoms with Gasteiger partial charge in [-0.1, -0.05) is 55.5 Å². The van der Waals surface area contributed by atoms with Crippen LogP contribution in [0.2, 0.25) is 0 Å². The fourth-order valence-corrected chi connectivity index (χ4v) is 3.67. The van der Waals surface area contributed by atoms with Crippen LogP contribution in [-0.2, 0) is 6.18 Å². The summed E-state index contributed by atoms with van der Waals surface area (Å²) in [7, 11) is 0. The Bertz CT molecular complexity index is 1030. The number of para-hydroxylation sites is 1. The van der Waals surface area contributed by atoms with E-state index in [0.717, 1.165) is 17.7 Å². The molecule has 1 aliphatic rings. The van der Waals surface area contributed by atoms with Crippen LogP contribution in [0.1, 0.15) is 34.3 Å². The second-order valence-corrected chi connectivity index (χ2v) is 7.06. The van der Waals surface area contributed by atoms with Crippen molar-refractivity contribution in [2.45, 2.75) is 25.2 Å². The Kier molecular flexibility index (Phi) is 4.78. The number of hydrogen-bond donors (Lipinski definition) is 1. The van der Waals surface area contributed by atoms with Crippen LogP contribution in [0.3, 0.4) is 0 Å². The van der Waals surface area contributed by atoms with Gasteiger partial charge in [-0.2, -0.15) is 13.2 Å². The quantitative estimate of drug-likeness (QED) is 0.597. The summed E-state index contributed by atoms with van der Waals surface area (Å²) in [4.78, 5) is 14.8. The zero-order valence-corrected chi connectivity index (χ0v) is 15.6. The van der Waals surface area contributed by atoms with Gasteiger partial charge in [0.15, 0.2) is 0 Å². The number of hydrogen-bond acceptors (Lipinski definition) is 2. The molecule has 0 bridgehead atoms. The molecule has 148 valence electrons. The Morgan fingerprint density at radius 3 is 2.34 bits per heavy atom. The summed E-state index contributed by atoms with van der Waals surface area (Å²) in [5.41, 5.74) is 1.51. The minimum absolute atomic E-state index is 0.164. The summed E-state index contributed by atoms with van der Waals surface area (Å²) in [6, 6.07) is 21.5. The summed E-state index contributed by atoms with van der Waals surface area (Å²) in [5, 5.41) is 3.36. The van der Waals surface area contributed by atoms with Gasteiger partial charge in [0.1, 0.15) is 6.17 Å². The largest absolute Gasteiger partial charge is 0.416 e. The first-order valence-electron chi connectivity index (χ1n) is 9.27. The number of benzene rings is 3. The van der Waals surface area contributed by atoms with Crippen LogP contribution in [0.15, 0.2) is 78.9 Å². The van der Waals surface area contributed by atoms with Crippen molar-refractivity contribution in [2.75, 3.05) is 10.2 Å². The number of nitrogens with zero attached hydrogens (tertiary/aromatic N) is 1. The second kappa shape index (κ2) is 7.28. The number of halogens is 3. The van der Waals surface area contributed by atoms with Crippen LogP contribution in [0.25, 0.3) is 0 Å². The van der Waals surface area contributed by atoms with Gasteiger partial charge in [0.2, 0.25) is 0 Å². The SMILES string of the molecule is C[C@@H](c1ccccc1)[C@@H]1Nc2ccccc2C(=O)N1c1cccc(C(F)(F)F)c1. The Hall–Kier alpha value is -3.28. The second-order valence-electron chi connectivity index (χ2n) is 7.06. The third kappa shape index (κ3) is 3.58. The first kappa shape index (κ1) is 19.1. The number of anilines is 2. The lowest BCUT2D eigenvalue weighted by Crippen LogP contribution is -2.51. The summed E-state index contributed by atoms with van der Waals surface area (Å²) in [5.74, 6) is -0.491. The smallest absolute Gasteiger partial charge is 0.364 e. The van der Waals surface area contributed by atoms with Crippen LogP contribution in [0, 0.1) is 0 Å². The normalized spacial score (nSPS) is 17.4. The van der Waals surface area contributed by atoms with Crippen molar-refractivity contribution in [2.24, 2.45) is 0 Å². The number of carbonyl (C=O) groups is 1. The molecule has 0 aromatic heterocycles. The van der Waals surface area contributed by atoms with E-state index in [1.807, 2.05) is 43.3 Å². The molecular formula is C23H19F3N2O. The third-order valence-corrected chi connectivity index (χ3v) is 5.21. The van der Waals surface area contributed by atoms with Gasteiger partial charge in [-0.05, 0) is 35.9 Å². The molecule has 0 fully saturated rings. The Labute approximate surface area is 166 Å². The average Bonchev–Trinajstić information content (AvgIpc) is 2.73. The highest BCUT2D eigenvalue weighted by molar-refractivity contribution is 6.12. The molecule has 29 heavy (non-hydrogen) atoms. The number of carbonyl (C=O) groups excluding carboxylic acids is 1. The maximum atomic E-state index is 13.3. The van der Waals surface area contributed by atoms with Gasteiger partial charge < -0.3 is 5.32 Å². The van der Waals surface area contributed by atoms with Crippen molar-refractivity contribution < 1.29 is 18.0 Å². The molecule has 0 unspecified atom stereocenters. The van der Waals surface area contributed by atoms with Crippen LogP contribution < -0.4 is 10.2 Å². The van der Waals surface area contributed by atoms with Crippen molar-refractivity contribution in [3.63, 3.8) is 0 Å². The van der Waals surface area contributed by atoms with Crippen molar-refractivity contribution in [3.05, 3.63) is 95.6 Å². The molecule has 3 nitrogen and oxygen atoms in total. The average molecular weight is 396 g/mol. The van der Waals surface area contributed by atoms with Gasteiger partial charge in [-0.3, -0.25) is 9.69 Å². The van der Waals surface area contributed by atoms with E-state index in [1.165, 1.54) is 17.0 Å². The lowest BCUT2D eigenvalue weighted by atomic mass is 9.93. The molecule has 0 saturated heterocycles. The molecule has 6 heteroatoms. The molecule has 0 saturated carbocycles. The zero-order chi connectivity index (χ0) is 20.6. The Balaban J connectivity index is 1.83. The van der Waals surface area contributed by atoms with Crippen LogP contribution in [0.5, 0.6) is 0 Å². The van der Waals surface area contributed by atoms with E-state index in [0.29, 0.717) is 11.3 Å². The van der Waals surface area contributed by atoms with E-state index in [4.69, 9.17) is 0 Å². The molecule has 0 spiro atoms. The van der Waals surface area contributed by atoms with Gasteiger partial charge in [-0.25, -0.2) is 0 Å². The molecular weight excluding hydrogens is 377 g/mol. The minimum Gasteiger partial charge on any atom is -0.364 e. The van der Waals surface area contributed by atoms with E-state index in [9.17, 15) is 18.0 Å². The topological polar surface area (TPSA) is 32.3 Å². The summed E-state index contributed by atoms with van der Waals surface area (Å²) < 4.78 is 39.8. The van der Waals surface area contributed by atoms with Gasteiger partial charge in [0.25, 0.3) is 5.91 Å². The first-order valence-corrected chi connectivity index (χ1v) is 9.27. The number of fused-ring (bicyclic) bond motifs is 1. The highest BCUT2D eigenvalue weighted by Crippen LogP contribution is 2.37. The maximum Gasteiger partial charge on any atom is 0.416 e. The van der Waals surface area contributed by atoms with Gasteiger partial charge in [0.05, 0.1) is 11.1 Å². The molecule has 0 radical (unpaired) electrons. The number of amides is 1. The molecule has 3 aromatic rings. The third-order valence-electron chi connectivity index (χ3n) is 5.21. The highest BCUT2D eigenvalue weighted by Gasteiger charge is 2.38. The Morgan fingerprint density at radius 1 is 0.931 bits per heavy atom. The van der Waals surface area contributed by atoms with Crippen molar-refractivity contribution >= 4 is 17.3 Å². The van der Waals surface area contributed by atoms with Crippen molar-refractivity contribution in [1.29, 1.82) is 0 Å². The minimum atomic E-state index is -4.49. The molecule has 1 amide bonds. The van der Waals surface area contributed by atoms with E-state index in [1.54, 1.807) is 18.2 Å². The fourth-order valence-electron chi connectivity index (χ4n) is 3.67. The van der Waals surface area contributed by atoms with Gasteiger partial charge in [0, 0.05) is 17.3 Å². The summed E-state index contributed by atoms with van der Waals surface area (Å²) in [6.45, 7) is 1.95. The van der Waals surface area contributed by atoms with E-state index in [-0.39, 0.29) is 17.5 Å². The number of nitrogens with one attached hydrogen (secondary N) is 1. The van der Waals surface area contributed by atoms with Crippen molar-refractivity contribution in [3.8, 4) is 0 Å². The Morgan fingerprint density at radius 2 is 1.62 bits per heavy atom. The maximum absolute atomic E-state index is 13.3. The zero-order valence-electron chi connectivity index (χ0n) is 15.6. The van der Waals surface area contributed by atoms with Crippen molar-refractivity contribution in [1.82, 2.24) is 0 Å². The van der Waals surface area contributed by atoms with Crippen LogP contribution in [-0.4, -0.2) is 12.1 Å². The highest BCUT2D eigenvalue weighted by atomic mass is 19.4. The van der Waals surface area contributed by atoms with Crippen LogP contribution >= 0.6 is 0 Å². The van der Waals surface area contributed by atoms with E-state index < -0.39 is 17.9 Å².